The van der Waals surface area contributed by atoms with Gasteiger partial charge in [-0.1, -0.05) is 12.1 Å². The van der Waals surface area contributed by atoms with Crippen LogP contribution in [0.2, 0.25) is 0 Å². The SMILES string of the molecule is CCN(C(=O)c1cc(C(F)(F)F)ccc1F)c1cccc(C(=O)Cc2c(C)cc(C(F)(C(F)(F)F)C(F)(F)F)cc2OC(F)F)c1F. The second-order valence-corrected chi connectivity index (χ2v) is 9.78. The van der Waals surface area contributed by atoms with Crippen LogP contribution in [0.5, 0.6) is 5.75 Å². The van der Waals surface area contributed by atoms with E-state index in [1.165, 1.54) is 6.92 Å². The molecule has 0 fully saturated rings. The minimum Gasteiger partial charge on any atom is -0.435 e. The third kappa shape index (κ3) is 7.30. The Morgan fingerprint density at radius 2 is 1.40 bits per heavy atom. The van der Waals surface area contributed by atoms with E-state index < -0.39 is 112 Å². The summed E-state index contributed by atoms with van der Waals surface area (Å²) in [5, 5.41) is 0. The smallest absolute Gasteiger partial charge is 0.435 e. The number of aryl methyl sites for hydroxylation is 1. The Labute approximate surface area is 255 Å². The number of Topliss-reactive ketones (excluding diaryl/α,β-unsaturated/α-hetero) is 1. The molecule has 0 atom stereocenters. The number of carbonyl (C=O) groups excluding carboxylic acids is 2. The maximum Gasteiger partial charge on any atom is 0.435 e. The second kappa shape index (κ2) is 13.0. The molecule has 0 unspecified atom stereocenters. The van der Waals surface area contributed by atoms with Crippen molar-refractivity contribution in [2.24, 2.45) is 0 Å². The number of hydrogen-bond acceptors (Lipinski definition) is 3. The fraction of sp³-hybridized carbons (Fsp3) is 0.310. The first-order valence-corrected chi connectivity index (χ1v) is 12.9. The molecule has 0 radical (unpaired) electrons. The van der Waals surface area contributed by atoms with Crippen LogP contribution in [0.4, 0.5) is 67.2 Å². The molecule has 3 aromatic carbocycles. The fourth-order valence-electron chi connectivity index (χ4n) is 4.53. The summed E-state index contributed by atoms with van der Waals surface area (Å²) < 4.78 is 194. The van der Waals surface area contributed by atoms with Gasteiger partial charge in [-0.05, 0) is 55.8 Å². The van der Waals surface area contributed by atoms with E-state index in [0.717, 1.165) is 25.1 Å². The predicted molar refractivity (Wildman–Crippen MR) is 136 cm³/mol. The minimum absolute atomic E-state index is 0.00417. The molecule has 0 bridgehead atoms. The molecular weight excluding hydrogens is 676 g/mol. The Balaban J connectivity index is 2.09. The van der Waals surface area contributed by atoms with E-state index in [9.17, 15) is 66.7 Å². The van der Waals surface area contributed by atoms with Gasteiger partial charge in [-0.15, -0.1) is 0 Å². The first-order valence-electron chi connectivity index (χ1n) is 12.9. The zero-order chi connectivity index (χ0) is 35.9. The molecule has 0 saturated carbocycles. The predicted octanol–water partition coefficient (Wildman–Crippen LogP) is 9.27. The summed E-state index contributed by atoms with van der Waals surface area (Å²) in [4.78, 5) is 26.6. The summed E-state index contributed by atoms with van der Waals surface area (Å²) in [6.07, 6.45) is -19.5. The van der Waals surface area contributed by atoms with Gasteiger partial charge in [0.2, 0.25) is 0 Å². The number of halogens is 14. The summed E-state index contributed by atoms with van der Waals surface area (Å²) in [6, 6.07) is 3.16. The minimum atomic E-state index is -6.62. The van der Waals surface area contributed by atoms with Gasteiger partial charge in [0.15, 0.2) is 11.6 Å². The van der Waals surface area contributed by atoms with E-state index in [4.69, 9.17) is 0 Å². The Bertz CT molecular complexity index is 1650. The summed E-state index contributed by atoms with van der Waals surface area (Å²) in [7, 11) is 0. The first kappa shape index (κ1) is 37.1. The monoisotopic (exact) mass is 695 g/mol. The van der Waals surface area contributed by atoms with Crippen molar-refractivity contribution in [3.63, 3.8) is 0 Å². The van der Waals surface area contributed by atoms with Gasteiger partial charge >= 0.3 is 30.8 Å². The molecule has 0 aliphatic rings. The number of hydrogen-bond donors (Lipinski definition) is 0. The third-order valence-corrected chi connectivity index (χ3v) is 6.82. The molecule has 0 aliphatic carbocycles. The molecule has 0 N–H and O–H groups in total. The standard InChI is InChI=1S/C29H19F14NO3/c1-3-44(24(46)18-10-14(27(35,36)37)7-8-19(18)30)20-6-4-5-16(23(20)31)21(45)12-17-13(2)9-15(11-22(17)47-25(32)33)26(34,28(38,39)40)29(41,42)43/h4-11,25H,3,12H2,1-2H3. The molecule has 0 aromatic heterocycles. The lowest BCUT2D eigenvalue weighted by Crippen LogP contribution is -2.50. The lowest BCUT2D eigenvalue weighted by Gasteiger charge is -2.31. The largest absolute Gasteiger partial charge is 0.435 e. The highest BCUT2D eigenvalue weighted by atomic mass is 19.4. The molecule has 0 spiro atoms. The molecule has 256 valence electrons. The number of alkyl halides is 12. The van der Waals surface area contributed by atoms with Crippen molar-refractivity contribution in [2.75, 3.05) is 11.4 Å². The van der Waals surface area contributed by atoms with Crippen molar-refractivity contribution in [1.29, 1.82) is 0 Å². The zero-order valence-corrected chi connectivity index (χ0v) is 23.6. The van der Waals surface area contributed by atoms with E-state index in [1.54, 1.807) is 0 Å². The molecule has 0 aliphatic heterocycles. The van der Waals surface area contributed by atoms with E-state index in [0.29, 0.717) is 17.0 Å². The molecule has 18 heteroatoms. The fourth-order valence-corrected chi connectivity index (χ4v) is 4.53. The number of nitrogens with zero attached hydrogens (tertiary/aromatic N) is 1. The zero-order valence-electron chi connectivity index (χ0n) is 23.6. The topological polar surface area (TPSA) is 46.6 Å². The number of anilines is 1. The van der Waals surface area contributed by atoms with Crippen LogP contribution in [0.1, 0.15) is 49.9 Å². The van der Waals surface area contributed by atoms with Crippen molar-refractivity contribution in [3.05, 3.63) is 93.5 Å². The first-order chi connectivity index (χ1) is 21.4. The number of ketones is 1. The highest BCUT2D eigenvalue weighted by Crippen LogP contribution is 2.54. The summed E-state index contributed by atoms with van der Waals surface area (Å²) in [6.45, 7) is -2.45. The van der Waals surface area contributed by atoms with Crippen LogP contribution in [0.3, 0.4) is 0 Å². The van der Waals surface area contributed by atoms with Gasteiger partial charge < -0.3 is 9.64 Å². The number of rotatable bonds is 9. The van der Waals surface area contributed by atoms with Crippen molar-refractivity contribution >= 4 is 17.4 Å². The van der Waals surface area contributed by atoms with Crippen molar-refractivity contribution in [1.82, 2.24) is 0 Å². The van der Waals surface area contributed by atoms with Crippen molar-refractivity contribution < 1.29 is 75.8 Å². The Morgan fingerprint density at radius 1 is 0.809 bits per heavy atom. The molecule has 3 aromatic rings. The molecule has 0 heterocycles. The lowest BCUT2D eigenvalue weighted by atomic mass is 9.89. The molecule has 4 nitrogen and oxygen atoms in total. The van der Waals surface area contributed by atoms with Crippen LogP contribution < -0.4 is 9.64 Å². The molecule has 3 rings (SSSR count). The molecule has 47 heavy (non-hydrogen) atoms. The third-order valence-electron chi connectivity index (χ3n) is 6.82. The van der Waals surface area contributed by atoms with Crippen LogP contribution in [0.15, 0.2) is 48.5 Å². The van der Waals surface area contributed by atoms with Crippen molar-refractivity contribution in [2.45, 2.75) is 51.1 Å². The highest BCUT2D eigenvalue weighted by Gasteiger charge is 2.73. The average molecular weight is 695 g/mol. The normalized spacial score (nSPS) is 12.8. The number of benzene rings is 3. The van der Waals surface area contributed by atoms with Gasteiger partial charge in [-0.3, -0.25) is 9.59 Å². The van der Waals surface area contributed by atoms with Crippen LogP contribution in [0.25, 0.3) is 0 Å². The molecular formula is C29H19F14NO3. The molecule has 0 saturated heterocycles. The van der Waals surface area contributed by atoms with E-state index in [1.807, 2.05) is 0 Å². The van der Waals surface area contributed by atoms with Crippen LogP contribution in [0, 0.1) is 18.6 Å². The van der Waals surface area contributed by atoms with Crippen LogP contribution in [-0.2, 0) is 18.3 Å². The maximum absolute atomic E-state index is 15.7. The second-order valence-electron chi connectivity index (χ2n) is 9.78. The van der Waals surface area contributed by atoms with Gasteiger partial charge in [0.1, 0.15) is 11.6 Å². The Hall–Kier alpha value is -4.38. The van der Waals surface area contributed by atoms with Gasteiger partial charge in [0.25, 0.3) is 5.91 Å². The van der Waals surface area contributed by atoms with Crippen LogP contribution in [-0.4, -0.2) is 37.2 Å². The summed E-state index contributed by atoms with van der Waals surface area (Å²) in [5.74, 6) is -7.26. The van der Waals surface area contributed by atoms with Gasteiger partial charge in [-0.25, -0.2) is 13.2 Å². The number of amides is 1. The average Bonchev–Trinajstić information content (AvgIpc) is 2.93. The molecule has 1 amide bonds. The van der Waals surface area contributed by atoms with E-state index in [-0.39, 0.29) is 18.2 Å². The maximum atomic E-state index is 15.7. The highest BCUT2D eigenvalue weighted by molar-refractivity contribution is 6.07. The number of ether oxygens (including phenoxy) is 1. The van der Waals surface area contributed by atoms with E-state index >= 15 is 4.39 Å². The lowest BCUT2D eigenvalue weighted by molar-refractivity contribution is -0.348. The number of carbonyl (C=O) groups is 2. The van der Waals surface area contributed by atoms with Gasteiger partial charge in [0.05, 0.1) is 22.4 Å². The quantitative estimate of drug-likeness (QED) is 0.166. The van der Waals surface area contributed by atoms with Crippen LogP contribution >= 0.6 is 0 Å². The van der Waals surface area contributed by atoms with Crippen molar-refractivity contribution in [3.8, 4) is 5.75 Å². The van der Waals surface area contributed by atoms with Gasteiger partial charge in [-0.2, -0.15) is 48.3 Å². The summed E-state index contributed by atoms with van der Waals surface area (Å²) >= 11 is 0. The Kier molecular flexibility index (Phi) is 10.3. The van der Waals surface area contributed by atoms with E-state index in [2.05, 4.69) is 4.74 Å². The van der Waals surface area contributed by atoms with Gasteiger partial charge in [0, 0.05) is 24.1 Å². The summed E-state index contributed by atoms with van der Waals surface area (Å²) in [5.41, 5.74) is -14.1. The Morgan fingerprint density at radius 3 is 1.91 bits per heavy atom.